The van der Waals surface area contributed by atoms with E-state index in [1.54, 1.807) is 0 Å². The van der Waals surface area contributed by atoms with Crippen LogP contribution in [0.2, 0.25) is 0 Å². The van der Waals surface area contributed by atoms with Gasteiger partial charge in [-0.2, -0.15) is 5.10 Å². The van der Waals surface area contributed by atoms with Crippen molar-refractivity contribution in [3.8, 4) is 0 Å². The molecule has 1 fully saturated rings. The van der Waals surface area contributed by atoms with Gasteiger partial charge in [0, 0.05) is 31.8 Å². The summed E-state index contributed by atoms with van der Waals surface area (Å²) in [4.78, 5) is 0. The van der Waals surface area contributed by atoms with Gasteiger partial charge in [-0.1, -0.05) is 0 Å². The van der Waals surface area contributed by atoms with Gasteiger partial charge in [-0.15, -0.1) is 0 Å². The van der Waals surface area contributed by atoms with Crippen molar-refractivity contribution >= 4 is 0 Å². The smallest absolute Gasteiger partial charge is 0.0537 e. The number of aromatic nitrogens is 2. The van der Waals surface area contributed by atoms with Gasteiger partial charge in [0.25, 0.3) is 0 Å². The van der Waals surface area contributed by atoms with E-state index in [0.29, 0.717) is 6.54 Å². The third-order valence-electron chi connectivity index (χ3n) is 3.17. The van der Waals surface area contributed by atoms with Crippen LogP contribution in [0, 0.1) is 5.41 Å². The van der Waals surface area contributed by atoms with Crippen LogP contribution in [0.1, 0.15) is 18.4 Å². The van der Waals surface area contributed by atoms with Crippen molar-refractivity contribution < 1.29 is 4.74 Å². The highest BCUT2D eigenvalue weighted by Gasteiger charge is 2.31. The van der Waals surface area contributed by atoms with E-state index < -0.39 is 0 Å². The molecule has 0 aromatic carbocycles. The van der Waals surface area contributed by atoms with Crippen molar-refractivity contribution in [1.29, 1.82) is 0 Å². The molecule has 0 radical (unpaired) electrons. The summed E-state index contributed by atoms with van der Waals surface area (Å²) in [5.41, 5.74) is 7.28. The molecule has 1 aromatic rings. The van der Waals surface area contributed by atoms with Gasteiger partial charge in [-0.25, -0.2) is 0 Å². The average molecular weight is 209 g/mol. The molecule has 0 spiro atoms. The van der Waals surface area contributed by atoms with Gasteiger partial charge in [0.05, 0.1) is 12.8 Å². The van der Waals surface area contributed by atoms with E-state index >= 15 is 0 Å². The van der Waals surface area contributed by atoms with Crippen molar-refractivity contribution in [2.24, 2.45) is 18.2 Å². The predicted molar refractivity (Wildman–Crippen MR) is 58.5 cm³/mol. The van der Waals surface area contributed by atoms with Crippen molar-refractivity contribution in [3.05, 3.63) is 18.0 Å². The Kier molecular flexibility index (Phi) is 3.07. The van der Waals surface area contributed by atoms with Crippen LogP contribution >= 0.6 is 0 Å². The maximum Gasteiger partial charge on any atom is 0.0537 e. The number of rotatable bonds is 3. The van der Waals surface area contributed by atoms with Crippen LogP contribution < -0.4 is 5.73 Å². The summed E-state index contributed by atoms with van der Waals surface area (Å²) >= 11 is 0. The zero-order valence-electron chi connectivity index (χ0n) is 9.28. The summed E-state index contributed by atoms with van der Waals surface area (Å²) in [6.07, 6.45) is 7.26. The molecule has 1 unspecified atom stereocenters. The van der Waals surface area contributed by atoms with Gasteiger partial charge >= 0.3 is 0 Å². The lowest BCUT2D eigenvalue weighted by molar-refractivity contribution is -0.00264. The summed E-state index contributed by atoms with van der Waals surface area (Å²) in [5, 5.41) is 4.18. The summed E-state index contributed by atoms with van der Waals surface area (Å²) < 4.78 is 7.38. The highest BCUT2D eigenvalue weighted by molar-refractivity contribution is 5.08. The van der Waals surface area contributed by atoms with E-state index in [1.165, 1.54) is 12.0 Å². The van der Waals surface area contributed by atoms with Crippen molar-refractivity contribution in [2.45, 2.75) is 19.3 Å². The lowest BCUT2D eigenvalue weighted by Gasteiger charge is -2.35. The summed E-state index contributed by atoms with van der Waals surface area (Å²) in [6.45, 7) is 2.37. The molecule has 2 heterocycles. The van der Waals surface area contributed by atoms with Gasteiger partial charge in [0.1, 0.15) is 0 Å². The SMILES string of the molecule is Cn1cc(CC2(CN)CCCOC2)cn1. The number of hydrogen-bond donors (Lipinski definition) is 1. The first-order valence-electron chi connectivity index (χ1n) is 5.49. The normalized spacial score (nSPS) is 26.8. The molecule has 1 aliphatic heterocycles. The molecule has 4 heteroatoms. The Morgan fingerprint density at radius 3 is 3.07 bits per heavy atom. The Balaban J connectivity index is 2.06. The molecule has 84 valence electrons. The fourth-order valence-electron chi connectivity index (χ4n) is 2.28. The fourth-order valence-corrected chi connectivity index (χ4v) is 2.28. The molecular formula is C11H19N3O. The zero-order chi connectivity index (χ0) is 10.7. The van der Waals surface area contributed by atoms with Crippen molar-refractivity contribution in [3.63, 3.8) is 0 Å². The first kappa shape index (κ1) is 10.6. The number of aryl methyl sites for hydroxylation is 1. The number of nitrogens with zero attached hydrogens (tertiary/aromatic N) is 2. The first-order chi connectivity index (χ1) is 7.24. The molecule has 0 bridgehead atoms. The first-order valence-corrected chi connectivity index (χ1v) is 5.49. The number of nitrogens with two attached hydrogens (primary N) is 1. The van der Waals surface area contributed by atoms with E-state index in [4.69, 9.17) is 10.5 Å². The highest BCUT2D eigenvalue weighted by atomic mass is 16.5. The summed E-state index contributed by atoms with van der Waals surface area (Å²) in [6, 6.07) is 0. The van der Waals surface area contributed by atoms with Crippen LogP contribution in [0.5, 0.6) is 0 Å². The fraction of sp³-hybridized carbons (Fsp3) is 0.727. The largest absolute Gasteiger partial charge is 0.381 e. The lowest BCUT2D eigenvalue weighted by Crippen LogP contribution is -2.40. The monoisotopic (exact) mass is 209 g/mol. The van der Waals surface area contributed by atoms with Crippen LogP contribution in [-0.2, 0) is 18.2 Å². The molecule has 2 N–H and O–H groups in total. The molecular weight excluding hydrogens is 190 g/mol. The van der Waals surface area contributed by atoms with Crippen LogP contribution in [0.15, 0.2) is 12.4 Å². The van der Waals surface area contributed by atoms with Gasteiger partial charge in [-0.05, 0) is 24.8 Å². The average Bonchev–Trinajstić information content (AvgIpc) is 2.65. The Morgan fingerprint density at radius 1 is 1.67 bits per heavy atom. The molecule has 1 aromatic heterocycles. The standard InChI is InChI=1S/C11H19N3O/c1-14-7-10(6-13-14)5-11(8-12)3-2-4-15-9-11/h6-7H,2-5,8-9,12H2,1H3. The van der Waals surface area contributed by atoms with Gasteiger partial charge in [-0.3, -0.25) is 4.68 Å². The Labute approximate surface area is 90.4 Å². The lowest BCUT2D eigenvalue weighted by atomic mass is 9.78. The Morgan fingerprint density at radius 2 is 2.53 bits per heavy atom. The van der Waals surface area contributed by atoms with Gasteiger partial charge in [0.15, 0.2) is 0 Å². The van der Waals surface area contributed by atoms with Crippen molar-refractivity contribution in [2.75, 3.05) is 19.8 Å². The van der Waals surface area contributed by atoms with Crippen LogP contribution in [0.25, 0.3) is 0 Å². The highest BCUT2D eigenvalue weighted by Crippen LogP contribution is 2.31. The van der Waals surface area contributed by atoms with E-state index in [0.717, 1.165) is 26.1 Å². The molecule has 0 saturated carbocycles. The molecule has 0 aliphatic carbocycles. The second kappa shape index (κ2) is 4.33. The van der Waals surface area contributed by atoms with E-state index in [2.05, 4.69) is 11.3 Å². The number of ether oxygens (including phenoxy) is 1. The number of hydrogen-bond acceptors (Lipinski definition) is 3. The molecule has 1 aliphatic rings. The quantitative estimate of drug-likeness (QED) is 0.798. The van der Waals surface area contributed by atoms with E-state index in [-0.39, 0.29) is 5.41 Å². The summed E-state index contributed by atoms with van der Waals surface area (Å²) in [7, 11) is 1.94. The maximum atomic E-state index is 5.89. The van der Waals surface area contributed by atoms with E-state index in [1.807, 2.05) is 17.9 Å². The molecule has 1 atom stereocenters. The minimum atomic E-state index is 0.140. The molecule has 2 rings (SSSR count). The minimum Gasteiger partial charge on any atom is -0.381 e. The molecule has 15 heavy (non-hydrogen) atoms. The Bertz CT molecular complexity index is 315. The van der Waals surface area contributed by atoms with E-state index in [9.17, 15) is 0 Å². The molecule has 1 saturated heterocycles. The van der Waals surface area contributed by atoms with Crippen LogP contribution in [0.3, 0.4) is 0 Å². The second-order valence-electron chi connectivity index (χ2n) is 4.56. The topological polar surface area (TPSA) is 53.1 Å². The van der Waals surface area contributed by atoms with Gasteiger partial charge in [0.2, 0.25) is 0 Å². The molecule has 0 amide bonds. The Hall–Kier alpha value is -0.870. The summed E-state index contributed by atoms with van der Waals surface area (Å²) in [5.74, 6) is 0. The third kappa shape index (κ3) is 2.38. The van der Waals surface area contributed by atoms with Gasteiger partial charge < -0.3 is 10.5 Å². The zero-order valence-corrected chi connectivity index (χ0v) is 9.28. The van der Waals surface area contributed by atoms with Crippen LogP contribution in [-0.4, -0.2) is 29.5 Å². The molecule has 4 nitrogen and oxygen atoms in total. The second-order valence-corrected chi connectivity index (χ2v) is 4.56. The van der Waals surface area contributed by atoms with Crippen LogP contribution in [0.4, 0.5) is 0 Å². The third-order valence-corrected chi connectivity index (χ3v) is 3.17. The maximum absolute atomic E-state index is 5.89. The minimum absolute atomic E-state index is 0.140. The van der Waals surface area contributed by atoms with Crippen molar-refractivity contribution in [1.82, 2.24) is 9.78 Å². The predicted octanol–water partition coefficient (Wildman–Crippen LogP) is 0.718.